The molecule has 1 N–H and O–H groups in total. The highest BCUT2D eigenvalue weighted by atomic mass is 19.1. The number of rotatable bonds is 3. The number of halogens is 1. The van der Waals surface area contributed by atoms with E-state index < -0.39 is 11.8 Å². The van der Waals surface area contributed by atoms with E-state index in [4.69, 9.17) is 5.11 Å². The van der Waals surface area contributed by atoms with E-state index in [-0.39, 0.29) is 6.04 Å². The number of nitrogens with zero attached hydrogens (tertiary/aromatic N) is 1. The second-order valence-electron chi connectivity index (χ2n) is 4.53. The highest BCUT2D eigenvalue weighted by molar-refractivity contribution is 5.85. The molecule has 1 aromatic carbocycles. The molecule has 1 saturated heterocycles. The fourth-order valence-electron chi connectivity index (χ4n) is 2.35. The lowest BCUT2D eigenvalue weighted by Crippen LogP contribution is -2.27. The Bertz CT molecular complexity index is 470. The molecule has 0 aliphatic carbocycles. The fourth-order valence-corrected chi connectivity index (χ4v) is 2.35. The van der Waals surface area contributed by atoms with Gasteiger partial charge in [0.1, 0.15) is 0 Å². The molecular formula is C14H16FNO2. The van der Waals surface area contributed by atoms with E-state index in [1.54, 1.807) is 0 Å². The average Bonchev–Trinajstić information content (AvgIpc) is 2.71. The molecule has 3 nitrogen and oxygen atoms in total. The molecule has 0 saturated carbocycles. The number of carbonyl (C=O) groups is 1. The zero-order chi connectivity index (χ0) is 13.1. The van der Waals surface area contributed by atoms with Crippen LogP contribution in [0.25, 0.3) is 0 Å². The molecule has 0 radical (unpaired) electrons. The van der Waals surface area contributed by atoms with Crippen molar-refractivity contribution in [2.45, 2.75) is 25.9 Å². The predicted octanol–water partition coefficient (Wildman–Crippen LogP) is 2.59. The lowest BCUT2D eigenvalue weighted by molar-refractivity contribution is -0.134. The summed E-state index contributed by atoms with van der Waals surface area (Å²) in [4.78, 5) is 12.7. The molecule has 0 amide bonds. The van der Waals surface area contributed by atoms with Crippen LogP contribution in [0.2, 0.25) is 0 Å². The van der Waals surface area contributed by atoms with Gasteiger partial charge >= 0.3 is 5.97 Å². The summed E-state index contributed by atoms with van der Waals surface area (Å²) in [6, 6.07) is 9.76. The molecule has 1 heterocycles. The standard InChI is InChI=1S/C14H16FNO2/c1-10-12(13(15)14(17)18)7-8-16(10)9-11-5-3-2-4-6-11/h2-6,10H,7-9H2,1H3,(H,17,18)/b13-12+. The van der Waals surface area contributed by atoms with Crippen LogP contribution in [0.15, 0.2) is 41.7 Å². The molecule has 1 unspecified atom stereocenters. The number of carboxylic acid groups (broad SMARTS) is 1. The largest absolute Gasteiger partial charge is 0.476 e. The zero-order valence-electron chi connectivity index (χ0n) is 10.3. The van der Waals surface area contributed by atoms with E-state index in [9.17, 15) is 9.18 Å². The Labute approximate surface area is 106 Å². The van der Waals surface area contributed by atoms with Crippen LogP contribution in [0.1, 0.15) is 18.9 Å². The third-order valence-electron chi connectivity index (χ3n) is 3.42. The summed E-state index contributed by atoms with van der Waals surface area (Å²) in [5.74, 6) is -2.45. The molecule has 1 aliphatic heterocycles. The minimum atomic E-state index is -1.46. The maximum absolute atomic E-state index is 13.4. The summed E-state index contributed by atoms with van der Waals surface area (Å²) in [6.45, 7) is 3.28. The summed E-state index contributed by atoms with van der Waals surface area (Å²) in [5.41, 5.74) is 1.56. The molecule has 1 aliphatic rings. The molecule has 1 atom stereocenters. The van der Waals surface area contributed by atoms with Crippen molar-refractivity contribution in [2.24, 2.45) is 0 Å². The molecule has 2 rings (SSSR count). The molecule has 0 spiro atoms. The lowest BCUT2D eigenvalue weighted by atomic mass is 10.1. The molecule has 4 heteroatoms. The quantitative estimate of drug-likeness (QED) is 0.837. The summed E-state index contributed by atoms with van der Waals surface area (Å²) in [6.07, 6.45) is 0.492. The van der Waals surface area contributed by atoms with E-state index >= 15 is 0 Å². The Morgan fingerprint density at radius 2 is 2.11 bits per heavy atom. The van der Waals surface area contributed by atoms with Crippen molar-refractivity contribution >= 4 is 5.97 Å². The Morgan fingerprint density at radius 1 is 1.44 bits per heavy atom. The van der Waals surface area contributed by atoms with Crippen LogP contribution < -0.4 is 0 Å². The highest BCUT2D eigenvalue weighted by Gasteiger charge is 2.30. The maximum atomic E-state index is 13.4. The second-order valence-corrected chi connectivity index (χ2v) is 4.53. The third kappa shape index (κ3) is 2.59. The summed E-state index contributed by atoms with van der Waals surface area (Å²) >= 11 is 0. The first-order valence-electron chi connectivity index (χ1n) is 5.99. The van der Waals surface area contributed by atoms with Gasteiger partial charge in [-0.25, -0.2) is 4.79 Å². The highest BCUT2D eigenvalue weighted by Crippen LogP contribution is 2.28. The number of likely N-dealkylation sites (tertiary alicyclic amines) is 1. The number of hydrogen-bond donors (Lipinski definition) is 1. The molecule has 0 bridgehead atoms. The van der Waals surface area contributed by atoms with Gasteiger partial charge in [-0.2, -0.15) is 4.39 Å². The van der Waals surface area contributed by atoms with E-state index in [1.165, 1.54) is 0 Å². The number of hydrogen-bond acceptors (Lipinski definition) is 2. The predicted molar refractivity (Wildman–Crippen MR) is 66.7 cm³/mol. The summed E-state index contributed by atoms with van der Waals surface area (Å²) in [5, 5.41) is 8.68. The molecular weight excluding hydrogens is 233 g/mol. The SMILES string of the molecule is CC1/C(=C(/F)C(=O)O)CCN1Cc1ccccc1. The Morgan fingerprint density at radius 3 is 2.72 bits per heavy atom. The van der Waals surface area contributed by atoms with Gasteiger partial charge in [-0.1, -0.05) is 30.3 Å². The molecule has 18 heavy (non-hydrogen) atoms. The first-order valence-corrected chi connectivity index (χ1v) is 5.99. The van der Waals surface area contributed by atoms with Crippen LogP contribution in [-0.4, -0.2) is 28.6 Å². The van der Waals surface area contributed by atoms with Gasteiger partial charge in [-0.05, 0) is 24.5 Å². The number of carboxylic acids is 1. The van der Waals surface area contributed by atoms with Gasteiger partial charge in [0, 0.05) is 19.1 Å². The van der Waals surface area contributed by atoms with Crippen molar-refractivity contribution in [2.75, 3.05) is 6.54 Å². The van der Waals surface area contributed by atoms with Crippen molar-refractivity contribution < 1.29 is 14.3 Å². The van der Waals surface area contributed by atoms with E-state index in [2.05, 4.69) is 4.90 Å². The van der Waals surface area contributed by atoms with Gasteiger partial charge in [0.05, 0.1) is 0 Å². The fraction of sp³-hybridized carbons (Fsp3) is 0.357. The van der Waals surface area contributed by atoms with Gasteiger partial charge in [0.2, 0.25) is 5.83 Å². The molecule has 1 aromatic rings. The van der Waals surface area contributed by atoms with Crippen LogP contribution in [0.4, 0.5) is 4.39 Å². The first kappa shape index (κ1) is 12.8. The van der Waals surface area contributed by atoms with Crippen molar-refractivity contribution in [3.8, 4) is 0 Å². The van der Waals surface area contributed by atoms with Crippen LogP contribution in [0, 0.1) is 0 Å². The topological polar surface area (TPSA) is 40.5 Å². The normalized spacial score (nSPS) is 23.1. The van der Waals surface area contributed by atoms with Gasteiger partial charge < -0.3 is 5.11 Å². The van der Waals surface area contributed by atoms with Crippen molar-refractivity contribution in [3.63, 3.8) is 0 Å². The van der Waals surface area contributed by atoms with Crippen LogP contribution in [0.3, 0.4) is 0 Å². The van der Waals surface area contributed by atoms with E-state index in [0.29, 0.717) is 18.5 Å². The number of aliphatic carboxylic acids is 1. The Kier molecular flexibility index (Phi) is 3.77. The zero-order valence-corrected chi connectivity index (χ0v) is 10.3. The van der Waals surface area contributed by atoms with Gasteiger partial charge in [-0.15, -0.1) is 0 Å². The Balaban J connectivity index is 2.11. The molecule has 0 aromatic heterocycles. The van der Waals surface area contributed by atoms with Crippen LogP contribution in [-0.2, 0) is 11.3 Å². The van der Waals surface area contributed by atoms with Crippen molar-refractivity contribution in [1.82, 2.24) is 4.90 Å². The molecule has 1 fully saturated rings. The average molecular weight is 249 g/mol. The van der Waals surface area contributed by atoms with Crippen molar-refractivity contribution in [3.05, 3.63) is 47.3 Å². The summed E-state index contributed by atoms with van der Waals surface area (Å²) in [7, 11) is 0. The van der Waals surface area contributed by atoms with Crippen LogP contribution >= 0.6 is 0 Å². The minimum absolute atomic E-state index is 0.152. The first-order chi connectivity index (χ1) is 8.59. The van der Waals surface area contributed by atoms with Gasteiger partial charge in [-0.3, -0.25) is 4.90 Å². The van der Waals surface area contributed by atoms with Crippen molar-refractivity contribution in [1.29, 1.82) is 0 Å². The Hall–Kier alpha value is -1.68. The van der Waals surface area contributed by atoms with E-state index in [0.717, 1.165) is 12.1 Å². The minimum Gasteiger partial charge on any atom is -0.476 e. The van der Waals surface area contributed by atoms with E-state index in [1.807, 2.05) is 37.3 Å². The van der Waals surface area contributed by atoms with Gasteiger partial charge in [0.25, 0.3) is 0 Å². The maximum Gasteiger partial charge on any atom is 0.364 e. The molecule has 96 valence electrons. The second kappa shape index (κ2) is 5.31. The number of benzene rings is 1. The smallest absolute Gasteiger partial charge is 0.364 e. The van der Waals surface area contributed by atoms with Gasteiger partial charge in [0.15, 0.2) is 0 Å². The third-order valence-corrected chi connectivity index (χ3v) is 3.42. The lowest BCUT2D eigenvalue weighted by Gasteiger charge is -2.21. The monoisotopic (exact) mass is 249 g/mol. The summed E-state index contributed by atoms with van der Waals surface area (Å²) < 4.78 is 13.4. The van der Waals surface area contributed by atoms with Crippen LogP contribution in [0.5, 0.6) is 0 Å².